The number of hydrogen-bond donors (Lipinski definition) is 1. The Hall–Kier alpha value is -0.900. The molecule has 1 aromatic rings. The Balaban J connectivity index is 0.00000200. The fourth-order valence-corrected chi connectivity index (χ4v) is 2.67. The van der Waals surface area contributed by atoms with Crippen LogP contribution in [0.4, 0.5) is 0 Å². The molecule has 0 radical (unpaired) electrons. The molecule has 1 saturated heterocycles. The first-order valence-electron chi connectivity index (χ1n) is 7.17. The molecule has 1 aliphatic rings. The summed E-state index contributed by atoms with van der Waals surface area (Å²) < 4.78 is 0. The van der Waals surface area contributed by atoms with Crippen molar-refractivity contribution in [2.24, 2.45) is 5.92 Å². The van der Waals surface area contributed by atoms with Crippen molar-refractivity contribution in [1.29, 1.82) is 0 Å². The maximum Gasteiger partial charge on any atom is 0.166 e. The number of aliphatic hydroxyl groups is 1. The molecule has 1 fully saturated rings. The van der Waals surface area contributed by atoms with Gasteiger partial charge >= 0.3 is 0 Å². The molecule has 0 amide bonds. The fourth-order valence-electron chi connectivity index (χ4n) is 2.67. The largest absolute Gasteiger partial charge is 0.392 e. The zero-order valence-electron chi connectivity index (χ0n) is 12.0. The molecule has 2 rings (SSSR count). The van der Waals surface area contributed by atoms with Gasteiger partial charge in [-0.1, -0.05) is 37.6 Å². The van der Waals surface area contributed by atoms with Crippen molar-refractivity contribution < 1.29 is 9.90 Å². The van der Waals surface area contributed by atoms with Gasteiger partial charge in [0.1, 0.15) is 0 Å². The van der Waals surface area contributed by atoms with Crippen LogP contribution in [-0.2, 0) is 6.61 Å². The van der Waals surface area contributed by atoms with Gasteiger partial charge in [0.25, 0.3) is 0 Å². The third-order valence-electron chi connectivity index (χ3n) is 3.85. The number of halogens is 1. The highest BCUT2D eigenvalue weighted by Gasteiger charge is 2.19. The molecule has 0 spiro atoms. The lowest BCUT2D eigenvalue weighted by molar-refractivity contribution is 0.0883. The van der Waals surface area contributed by atoms with Crippen molar-refractivity contribution in [2.45, 2.75) is 32.8 Å². The molecule has 1 unspecified atom stereocenters. The number of Topliss-reactive ketones (excluding diaryl/α,β-unsaturated/α-hetero) is 1. The number of piperidine rings is 1. The van der Waals surface area contributed by atoms with Crippen LogP contribution in [0.5, 0.6) is 0 Å². The van der Waals surface area contributed by atoms with E-state index in [1.54, 1.807) is 0 Å². The smallest absolute Gasteiger partial charge is 0.166 e. The molecule has 1 atom stereocenters. The third kappa shape index (κ3) is 4.58. The molecule has 0 aliphatic carbocycles. The van der Waals surface area contributed by atoms with Gasteiger partial charge in [0.15, 0.2) is 5.78 Å². The van der Waals surface area contributed by atoms with E-state index in [9.17, 15) is 4.79 Å². The molecule has 0 saturated carbocycles. The van der Waals surface area contributed by atoms with Crippen LogP contribution < -0.4 is 0 Å². The lowest BCUT2D eigenvalue weighted by atomic mass is 9.97. The first kappa shape index (κ1) is 17.2. The van der Waals surface area contributed by atoms with E-state index in [1.165, 1.54) is 19.3 Å². The average Bonchev–Trinajstić information content (AvgIpc) is 2.47. The van der Waals surface area contributed by atoms with Crippen molar-refractivity contribution in [3.63, 3.8) is 0 Å². The first-order valence-corrected chi connectivity index (χ1v) is 7.17. The van der Waals surface area contributed by atoms with Gasteiger partial charge in [-0.05, 0) is 31.5 Å². The van der Waals surface area contributed by atoms with Gasteiger partial charge in [0.2, 0.25) is 0 Å². The van der Waals surface area contributed by atoms with Crippen molar-refractivity contribution in [2.75, 3.05) is 19.6 Å². The van der Waals surface area contributed by atoms with E-state index in [0.29, 0.717) is 0 Å². The minimum Gasteiger partial charge on any atom is -0.392 e. The van der Waals surface area contributed by atoms with E-state index >= 15 is 0 Å². The second-order valence-corrected chi connectivity index (χ2v) is 5.48. The van der Waals surface area contributed by atoms with Gasteiger partial charge in [-0.2, -0.15) is 0 Å². The first-order chi connectivity index (χ1) is 9.20. The molecule has 4 heteroatoms. The molecule has 0 bridgehead atoms. The van der Waals surface area contributed by atoms with Crippen LogP contribution in [0.3, 0.4) is 0 Å². The summed E-state index contributed by atoms with van der Waals surface area (Å²) in [5.41, 5.74) is 1.60. The maximum absolute atomic E-state index is 12.3. The van der Waals surface area contributed by atoms with Gasteiger partial charge in [-0.3, -0.25) is 4.79 Å². The van der Waals surface area contributed by atoms with E-state index in [4.69, 9.17) is 5.11 Å². The number of carbonyl (C=O) groups is 1. The highest BCUT2D eigenvalue weighted by molar-refractivity contribution is 5.97. The molecule has 20 heavy (non-hydrogen) atoms. The van der Waals surface area contributed by atoms with Crippen molar-refractivity contribution in [3.8, 4) is 0 Å². The summed E-state index contributed by atoms with van der Waals surface area (Å²) in [5.74, 6) is 0.244. The number of likely N-dealkylation sites (tertiary alicyclic amines) is 1. The van der Waals surface area contributed by atoms with Gasteiger partial charge in [-0.25, -0.2) is 0 Å². The predicted octanol–water partition coefficient (Wildman–Crippen LogP) is 2.91. The Morgan fingerprint density at radius 1 is 1.20 bits per heavy atom. The number of rotatable bonds is 5. The maximum atomic E-state index is 12.3. The standard InChI is InChI=1S/C16H23NO2.ClH/c1-13(11-17-9-3-2-4-10-17)16(19)15-7-5-14(12-18)6-8-15;/h5-8,13,18H,2-4,9-12H2,1H3;1H. The number of benzene rings is 1. The lowest BCUT2D eigenvalue weighted by Crippen LogP contribution is -2.35. The summed E-state index contributed by atoms with van der Waals surface area (Å²) >= 11 is 0. The van der Waals surface area contributed by atoms with Crippen molar-refractivity contribution in [3.05, 3.63) is 35.4 Å². The summed E-state index contributed by atoms with van der Waals surface area (Å²) in [4.78, 5) is 14.7. The molecule has 1 aliphatic heterocycles. The Labute approximate surface area is 127 Å². The van der Waals surface area contributed by atoms with E-state index in [-0.39, 0.29) is 30.7 Å². The highest BCUT2D eigenvalue weighted by Crippen LogP contribution is 2.15. The topological polar surface area (TPSA) is 40.5 Å². The normalized spacial score (nSPS) is 17.3. The van der Waals surface area contributed by atoms with Gasteiger partial charge < -0.3 is 10.0 Å². The van der Waals surface area contributed by atoms with Gasteiger partial charge in [0.05, 0.1) is 6.61 Å². The van der Waals surface area contributed by atoms with E-state index in [1.807, 2.05) is 31.2 Å². The van der Waals surface area contributed by atoms with Crippen LogP contribution in [0, 0.1) is 5.92 Å². The molecule has 3 nitrogen and oxygen atoms in total. The monoisotopic (exact) mass is 297 g/mol. The quantitative estimate of drug-likeness (QED) is 0.850. The van der Waals surface area contributed by atoms with E-state index in [2.05, 4.69) is 4.90 Å². The zero-order chi connectivity index (χ0) is 13.7. The highest BCUT2D eigenvalue weighted by atomic mass is 35.5. The number of carbonyl (C=O) groups excluding carboxylic acids is 1. The second kappa shape index (κ2) is 8.40. The van der Waals surface area contributed by atoms with E-state index < -0.39 is 0 Å². The number of aliphatic hydroxyl groups excluding tert-OH is 1. The molecule has 1 aromatic carbocycles. The lowest BCUT2D eigenvalue weighted by Gasteiger charge is -2.28. The SMILES string of the molecule is CC(CN1CCCCC1)C(=O)c1ccc(CO)cc1.Cl. The molecule has 1 N–H and O–H groups in total. The summed E-state index contributed by atoms with van der Waals surface area (Å²) in [7, 11) is 0. The Kier molecular flexibility index (Phi) is 7.20. The van der Waals surface area contributed by atoms with Crippen LogP contribution in [-0.4, -0.2) is 35.4 Å². The molecule has 1 heterocycles. The summed E-state index contributed by atoms with van der Waals surface area (Å²) in [6, 6.07) is 7.28. The van der Waals surface area contributed by atoms with Crippen LogP contribution in [0.1, 0.15) is 42.1 Å². The molecular formula is C16H24ClNO2. The summed E-state index contributed by atoms with van der Waals surface area (Å²) in [6.07, 6.45) is 3.83. The second-order valence-electron chi connectivity index (χ2n) is 5.48. The average molecular weight is 298 g/mol. The molecular weight excluding hydrogens is 274 g/mol. The van der Waals surface area contributed by atoms with Gasteiger partial charge in [0, 0.05) is 18.0 Å². The number of hydrogen-bond acceptors (Lipinski definition) is 3. The van der Waals surface area contributed by atoms with Crippen molar-refractivity contribution >= 4 is 18.2 Å². The number of nitrogens with zero attached hydrogens (tertiary/aromatic N) is 1. The Morgan fingerprint density at radius 3 is 2.35 bits per heavy atom. The number of ketones is 1. The predicted molar refractivity (Wildman–Crippen MR) is 83.4 cm³/mol. The van der Waals surface area contributed by atoms with E-state index in [0.717, 1.165) is 30.8 Å². The zero-order valence-corrected chi connectivity index (χ0v) is 12.9. The van der Waals surface area contributed by atoms with Crippen molar-refractivity contribution in [1.82, 2.24) is 4.90 Å². The Bertz CT molecular complexity index is 413. The Morgan fingerprint density at radius 2 is 1.80 bits per heavy atom. The third-order valence-corrected chi connectivity index (χ3v) is 3.85. The van der Waals surface area contributed by atoms with Crippen LogP contribution in [0.15, 0.2) is 24.3 Å². The fraction of sp³-hybridized carbons (Fsp3) is 0.562. The molecule has 0 aromatic heterocycles. The molecule has 112 valence electrons. The minimum absolute atomic E-state index is 0. The van der Waals surface area contributed by atoms with Crippen LogP contribution in [0.2, 0.25) is 0 Å². The minimum atomic E-state index is 0. The van der Waals surface area contributed by atoms with Crippen LogP contribution >= 0.6 is 12.4 Å². The summed E-state index contributed by atoms with van der Waals surface area (Å²) in [6.45, 7) is 5.15. The van der Waals surface area contributed by atoms with Crippen LogP contribution in [0.25, 0.3) is 0 Å². The summed E-state index contributed by atoms with van der Waals surface area (Å²) in [5, 5.41) is 9.00. The van der Waals surface area contributed by atoms with Gasteiger partial charge in [-0.15, -0.1) is 12.4 Å².